The third-order valence-corrected chi connectivity index (χ3v) is 5.28. The Labute approximate surface area is 181 Å². The highest BCUT2D eigenvalue weighted by molar-refractivity contribution is 6.01. The molecule has 1 saturated heterocycles. The summed E-state index contributed by atoms with van der Waals surface area (Å²) in [4.78, 5) is 39.1. The number of hydrogen-bond donors (Lipinski definition) is 1. The van der Waals surface area contributed by atoms with Crippen molar-refractivity contribution in [3.05, 3.63) is 59.9 Å². The number of allylic oxidation sites excluding steroid dienone is 1. The van der Waals surface area contributed by atoms with Crippen LogP contribution in [0.1, 0.15) is 31.9 Å². The number of cyclic esters (lactones) is 1. The Bertz CT molecular complexity index is 864. The average Bonchev–Trinajstić information content (AvgIpc) is 3.08. The number of rotatable bonds is 8. The lowest BCUT2D eigenvalue weighted by Gasteiger charge is -2.28. The molecule has 0 spiro atoms. The van der Waals surface area contributed by atoms with E-state index in [9.17, 15) is 14.4 Å². The van der Waals surface area contributed by atoms with Crippen molar-refractivity contribution in [2.75, 3.05) is 19.8 Å². The van der Waals surface area contributed by atoms with E-state index in [4.69, 9.17) is 19.3 Å². The lowest BCUT2D eigenvalue weighted by Crippen LogP contribution is -2.47. The molecule has 166 valence electrons. The molecule has 0 unspecified atom stereocenters. The van der Waals surface area contributed by atoms with E-state index in [1.165, 1.54) is 6.08 Å². The summed E-state index contributed by atoms with van der Waals surface area (Å²) in [5, 5.41) is 8.72. The fraction of sp³-hybridized carbons (Fsp3) is 0.435. The van der Waals surface area contributed by atoms with Crippen molar-refractivity contribution < 1.29 is 33.7 Å². The van der Waals surface area contributed by atoms with Crippen molar-refractivity contribution in [3.63, 3.8) is 0 Å². The van der Waals surface area contributed by atoms with Crippen molar-refractivity contribution in [2.45, 2.75) is 38.5 Å². The second-order valence-corrected chi connectivity index (χ2v) is 7.46. The van der Waals surface area contributed by atoms with Gasteiger partial charge in [0.2, 0.25) is 5.91 Å². The third kappa shape index (κ3) is 5.21. The zero-order chi connectivity index (χ0) is 22.4. The lowest BCUT2D eigenvalue weighted by atomic mass is 9.95. The fourth-order valence-corrected chi connectivity index (χ4v) is 3.61. The molecule has 2 heterocycles. The van der Waals surface area contributed by atoms with Crippen LogP contribution in [0.5, 0.6) is 0 Å². The Hall–Kier alpha value is -2.97. The molecule has 31 heavy (non-hydrogen) atoms. The molecule has 0 saturated carbocycles. The number of imide groups is 1. The standard InChI is InChI=1S/C23H27NO7/c1-15(20-19(26)11-10-18(30-20)9-6-13-29-14-12-25)22(27)24-16(2)21(31-23(24)28)17-7-4-3-5-8-17/h3-5,7-11,15-16,20-21,25H,6,12-14H2,1-2H3/t15-,16-,20+,21-/m1/s1. The molecule has 2 aliphatic heterocycles. The number of aliphatic hydroxyl groups excluding tert-OH is 1. The Morgan fingerprint density at radius 1 is 1.19 bits per heavy atom. The van der Waals surface area contributed by atoms with Gasteiger partial charge < -0.3 is 19.3 Å². The number of nitrogens with zero attached hydrogens (tertiary/aromatic N) is 1. The molecule has 1 aromatic carbocycles. The SMILES string of the molecule is C[C@@H]1[C@H](c2ccccc2)OC(=O)N1C(=O)[C@H](C)[C@@H]1OC(=CCCOCCO)C=CC1=O. The Kier molecular flexibility index (Phi) is 7.59. The van der Waals surface area contributed by atoms with E-state index in [0.29, 0.717) is 18.8 Å². The second kappa shape index (κ2) is 10.4. The number of aliphatic hydroxyl groups is 1. The number of amides is 2. The van der Waals surface area contributed by atoms with Crippen molar-refractivity contribution in [1.29, 1.82) is 0 Å². The molecule has 0 aromatic heterocycles. The van der Waals surface area contributed by atoms with E-state index in [2.05, 4.69) is 0 Å². The highest BCUT2D eigenvalue weighted by atomic mass is 16.6. The van der Waals surface area contributed by atoms with Crippen molar-refractivity contribution in [2.24, 2.45) is 5.92 Å². The summed E-state index contributed by atoms with van der Waals surface area (Å²) in [5.41, 5.74) is 0.799. The third-order valence-electron chi connectivity index (χ3n) is 5.28. The number of hydrogen-bond acceptors (Lipinski definition) is 7. The molecule has 1 aromatic rings. The minimum absolute atomic E-state index is 0.0499. The number of ketones is 1. The zero-order valence-corrected chi connectivity index (χ0v) is 17.6. The summed E-state index contributed by atoms with van der Waals surface area (Å²) in [7, 11) is 0. The molecular formula is C23H27NO7. The van der Waals surface area contributed by atoms with E-state index in [-0.39, 0.29) is 19.0 Å². The fourth-order valence-electron chi connectivity index (χ4n) is 3.61. The molecule has 0 aliphatic carbocycles. The predicted octanol–water partition coefficient (Wildman–Crippen LogP) is 2.54. The summed E-state index contributed by atoms with van der Waals surface area (Å²) in [6, 6.07) is 8.70. The topological polar surface area (TPSA) is 102 Å². The van der Waals surface area contributed by atoms with Crippen molar-refractivity contribution >= 4 is 17.8 Å². The van der Waals surface area contributed by atoms with Crippen LogP contribution in [0.3, 0.4) is 0 Å². The first-order valence-electron chi connectivity index (χ1n) is 10.3. The molecule has 4 atom stereocenters. The van der Waals surface area contributed by atoms with Gasteiger partial charge in [0.25, 0.3) is 0 Å². The molecule has 2 aliphatic rings. The Morgan fingerprint density at radius 2 is 1.94 bits per heavy atom. The number of ether oxygens (including phenoxy) is 3. The maximum absolute atomic E-state index is 13.1. The highest BCUT2D eigenvalue weighted by Gasteiger charge is 2.47. The molecule has 8 nitrogen and oxygen atoms in total. The number of benzene rings is 1. The first-order chi connectivity index (χ1) is 14.9. The summed E-state index contributed by atoms with van der Waals surface area (Å²) < 4.78 is 16.4. The van der Waals surface area contributed by atoms with Gasteiger partial charge in [0.15, 0.2) is 11.9 Å². The van der Waals surface area contributed by atoms with Crippen LogP contribution < -0.4 is 0 Å². The van der Waals surface area contributed by atoms with Gasteiger partial charge in [0, 0.05) is 0 Å². The molecule has 8 heteroatoms. The van der Waals surface area contributed by atoms with E-state index < -0.39 is 36.2 Å². The van der Waals surface area contributed by atoms with Gasteiger partial charge in [-0.1, -0.05) is 30.3 Å². The molecule has 2 amide bonds. The largest absolute Gasteiger partial charge is 0.482 e. The first-order valence-corrected chi connectivity index (χ1v) is 10.3. The second-order valence-electron chi connectivity index (χ2n) is 7.46. The number of carbonyl (C=O) groups is 3. The van der Waals surface area contributed by atoms with Gasteiger partial charge in [0.05, 0.1) is 31.8 Å². The maximum atomic E-state index is 13.1. The smallest absolute Gasteiger partial charge is 0.417 e. The van der Waals surface area contributed by atoms with Crippen LogP contribution in [-0.2, 0) is 23.8 Å². The van der Waals surface area contributed by atoms with Crippen molar-refractivity contribution in [3.8, 4) is 0 Å². The van der Waals surface area contributed by atoms with Crippen LogP contribution in [0, 0.1) is 5.92 Å². The van der Waals surface area contributed by atoms with Gasteiger partial charge in [-0.05, 0) is 44.1 Å². The first kappa shape index (κ1) is 22.7. The predicted molar refractivity (Wildman–Crippen MR) is 111 cm³/mol. The van der Waals surface area contributed by atoms with E-state index >= 15 is 0 Å². The lowest BCUT2D eigenvalue weighted by molar-refractivity contribution is -0.142. The monoisotopic (exact) mass is 429 g/mol. The summed E-state index contributed by atoms with van der Waals surface area (Å²) >= 11 is 0. The van der Waals surface area contributed by atoms with Gasteiger partial charge in [-0.3, -0.25) is 9.59 Å². The average molecular weight is 429 g/mol. The minimum atomic E-state index is -1.03. The highest BCUT2D eigenvalue weighted by Crippen LogP contribution is 2.34. The molecular weight excluding hydrogens is 402 g/mol. The summed E-state index contributed by atoms with van der Waals surface area (Å²) in [6.07, 6.45) is 2.87. The quantitative estimate of drug-likeness (QED) is 0.634. The van der Waals surface area contributed by atoms with Crippen LogP contribution in [0.2, 0.25) is 0 Å². The minimum Gasteiger partial charge on any atom is -0.482 e. The summed E-state index contributed by atoms with van der Waals surface area (Å²) in [5.74, 6) is -1.28. The normalized spacial score (nSPS) is 25.5. The maximum Gasteiger partial charge on any atom is 0.417 e. The van der Waals surface area contributed by atoms with E-state index in [1.54, 1.807) is 26.0 Å². The van der Waals surface area contributed by atoms with Gasteiger partial charge in [-0.25, -0.2) is 9.69 Å². The molecule has 1 fully saturated rings. The van der Waals surface area contributed by atoms with Crippen molar-refractivity contribution in [1.82, 2.24) is 4.90 Å². The van der Waals surface area contributed by atoms with Crippen LogP contribution in [0.4, 0.5) is 4.79 Å². The molecule has 3 rings (SSSR count). The number of carbonyl (C=O) groups excluding carboxylic acids is 3. The van der Waals surface area contributed by atoms with Gasteiger partial charge >= 0.3 is 6.09 Å². The Balaban J connectivity index is 1.67. The van der Waals surface area contributed by atoms with Crippen LogP contribution in [-0.4, -0.2) is 59.8 Å². The zero-order valence-electron chi connectivity index (χ0n) is 17.6. The van der Waals surface area contributed by atoms with Gasteiger partial charge in [0.1, 0.15) is 11.9 Å². The molecule has 0 bridgehead atoms. The van der Waals surface area contributed by atoms with Crippen LogP contribution in [0.25, 0.3) is 0 Å². The van der Waals surface area contributed by atoms with Crippen LogP contribution in [0.15, 0.2) is 54.3 Å². The molecule has 0 radical (unpaired) electrons. The van der Waals surface area contributed by atoms with E-state index in [0.717, 1.165) is 10.5 Å². The Morgan fingerprint density at radius 3 is 2.65 bits per heavy atom. The summed E-state index contributed by atoms with van der Waals surface area (Å²) in [6.45, 7) is 3.91. The molecule has 1 N–H and O–H groups in total. The van der Waals surface area contributed by atoms with Gasteiger partial charge in [-0.15, -0.1) is 0 Å². The van der Waals surface area contributed by atoms with E-state index in [1.807, 2.05) is 30.3 Å². The van der Waals surface area contributed by atoms with Gasteiger partial charge in [-0.2, -0.15) is 0 Å². The van der Waals surface area contributed by atoms with Crippen LogP contribution >= 0.6 is 0 Å².